The zero-order chi connectivity index (χ0) is 8.43. The van der Waals surface area contributed by atoms with Crippen molar-refractivity contribution in [3.63, 3.8) is 0 Å². The van der Waals surface area contributed by atoms with Crippen molar-refractivity contribution in [3.8, 4) is 0 Å². The molecule has 0 amide bonds. The second kappa shape index (κ2) is 3.41. The first-order valence-electron chi connectivity index (χ1n) is 2.78. The number of halogens is 2. The average molecular weight is 192 g/mol. The van der Waals surface area contributed by atoms with Crippen molar-refractivity contribution in [2.45, 2.75) is 0 Å². The molecule has 0 aliphatic rings. The van der Waals surface area contributed by atoms with E-state index < -0.39 is 7.12 Å². The molecule has 0 atom stereocenters. The van der Waals surface area contributed by atoms with Crippen LogP contribution in [0.25, 0.3) is 0 Å². The van der Waals surface area contributed by atoms with Gasteiger partial charge in [0.2, 0.25) is 0 Å². The third-order valence-corrected chi connectivity index (χ3v) is 1.46. The molecule has 11 heavy (non-hydrogen) atoms. The molecule has 0 aliphatic heterocycles. The Kier molecular flexibility index (Phi) is 2.73. The van der Waals surface area contributed by atoms with Crippen LogP contribution in [-0.2, 0) is 0 Å². The molecule has 1 heterocycles. The van der Waals surface area contributed by atoms with Crippen LogP contribution < -0.4 is 5.59 Å². The summed E-state index contributed by atoms with van der Waals surface area (Å²) in [5.41, 5.74) is 0.0440. The number of hydrogen-bond acceptors (Lipinski definition) is 3. The molecule has 3 nitrogen and oxygen atoms in total. The van der Waals surface area contributed by atoms with Gasteiger partial charge in [-0.2, -0.15) is 0 Å². The number of hydrogen-bond donors (Lipinski definition) is 2. The smallest absolute Gasteiger partial charge is 0.422 e. The van der Waals surface area contributed by atoms with E-state index in [0.717, 1.165) is 0 Å². The Balaban J connectivity index is 3.08. The minimum Gasteiger partial charge on any atom is -0.422 e. The Labute approximate surface area is 73.7 Å². The Hall–Kier alpha value is -0.285. The summed E-state index contributed by atoms with van der Waals surface area (Å²) >= 11 is 11.0. The van der Waals surface area contributed by atoms with Gasteiger partial charge < -0.3 is 10.0 Å². The monoisotopic (exact) mass is 191 g/mol. The first kappa shape index (κ1) is 8.81. The molecule has 0 bridgehead atoms. The van der Waals surface area contributed by atoms with E-state index in [2.05, 4.69) is 4.98 Å². The van der Waals surface area contributed by atoms with Crippen LogP contribution in [0.4, 0.5) is 0 Å². The maximum Gasteiger partial charge on any atom is 0.508 e. The highest BCUT2D eigenvalue weighted by Crippen LogP contribution is 2.10. The lowest BCUT2D eigenvalue weighted by Gasteiger charge is -1.98. The molecule has 0 aromatic carbocycles. The van der Waals surface area contributed by atoms with Crippen LogP contribution in [0.15, 0.2) is 12.1 Å². The summed E-state index contributed by atoms with van der Waals surface area (Å²) in [6.45, 7) is 0. The lowest BCUT2D eigenvalue weighted by Crippen LogP contribution is -2.32. The van der Waals surface area contributed by atoms with E-state index in [-0.39, 0.29) is 10.7 Å². The van der Waals surface area contributed by atoms with Gasteiger partial charge in [-0.05, 0) is 12.1 Å². The minimum absolute atomic E-state index is 0.0440. The number of aromatic nitrogens is 1. The molecule has 0 spiro atoms. The van der Waals surface area contributed by atoms with Crippen molar-refractivity contribution in [2.75, 3.05) is 0 Å². The summed E-state index contributed by atoms with van der Waals surface area (Å²) in [5.74, 6) is 0. The predicted octanol–water partition coefficient (Wildman–Crippen LogP) is 0.0682. The van der Waals surface area contributed by atoms with Crippen molar-refractivity contribution < 1.29 is 10.0 Å². The summed E-state index contributed by atoms with van der Waals surface area (Å²) in [7, 11) is -1.63. The van der Waals surface area contributed by atoms with Gasteiger partial charge >= 0.3 is 7.12 Å². The van der Waals surface area contributed by atoms with Crippen molar-refractivity contribution in [1.82, 2.24) is 4.98 Å². The van der Waals surface area contributed by atoms with E-state index >= 15 is 0 Å². The summed E-state index contributed by atoms with van der Waals surface area (Å²) in [6, 6.07) is 2.74. The average Bonchev–Trinajstić information content (AvgIpc) is 1.85. The predicted molar refractivity (Wildman–Crippen MR) is 44.1 cm³/mol. The molecule has 0 radical (unpaired) electrons. The highest BCUT2D eigenvalue weighted by molar-refractivity contribution is 6.58. The minimum atomic E-state index is -1.63. The van der Waals surface area contributed by atoms with Gasteiger partial charge in [-0.25, -0.2) is 4.98 Å². The molecule has 1 aromatic heterocycles. The number of nitrogens with zero attached hydrogens (tertiary/aromatic N) is 1. The third kappa shape index (κ3) is 2.34. The van der Waals surface area contributed by atoms with Gasteiger partial charge in [0.1, 0.15) is 5.15 Å². The van der Waals surface area contributed by atoms with Crippen LogP contribution in [0.1, 0.15) is 0 Å². The van der Waals surface area contributed by atoms with Crippen molar-refractivity contribution in [1.29, 1.82) is 0 Å². The first-order valence-corrected chi connectivity index (χ1v) is 3.54. The normalized spacial score (nSPS) is 9.82. The highest BCUT2D eigenvalue weighted by Gasteiger charge is 2.13. The van der Waals surface area contributed by atoms with Gasteiger partial charge in [-0.15, -0.1) is 0 Å². The van der Waals surface area contributed by atoms with Gasteiger partial charge in [0, 0.05) is 5.02 Å². The van der Waals surface area contributed by atoms with Crippen molar-refractivity contribution >= 4 is 35.9 Å². The van der Waals surface area contributed by atoms with Crippen LogP contribution in [-0.4, -0.2) is 22.2 Å². The fraction of sp³-hybridized carbons (Fsp3) is 0. The SMILES string of the molecule is OB(O)c1cc(Cl)cc(Cl)n1. The van der Waals surface area contributed by atoms with E-state index in [1.807, 2.05) is 0 Å². The van der Waals surface area contributed by atoms with Crippen molar-refractivity contribution in [3.05, 3.63) is 22.3 Å². The van der Waals surface area contributed by atoms with E-state index in [1.165, 1.54) is 12.1 Å². The summed E-state index contributed by atoms with van der Waals surface area (Å²) in [6.07, 6.45) is 0. The molecule has 1 aromatic rings. The van der Waals surface area contributed by atoms with Gasteiger partial charge in [0.05, 0.1) is 5.59 Å². The molecule has 0 fully saturated rings. The van der Waals surface area contributed by atoms with Crippen LogP contribution in [0.5, 0.6) is 0 Å². The molecule has 58 valence electrons. The summed E-state index contributed by atoms with van der Waals surface area (Å²) in [5, 5.41) is 17.8. The van der Waals surface area contributed by atoms with Crippen LogP contribution in [0, 0.1) is 0 Å². The maximum absolute atomic E-state index is 8.65. The van der Waals surface area contributed by atoms with Gasteiger partial charge in [-0.3, -0.25) is 0 Å². The van der Waals surface area contributed by atoms with Crippen LogP contribution in [0.3, 0.4) is 0 Å². The van der Waals surface area contributed by atoms with E-state index in [9.17, 15) is 0 Å². The maximum atomic E-state index is 8.65. The largest absolute Gasteiger partial charge is 0.508 e. The fourth-order valence-electron chi connectivity index (χ4n) is 0.617. The van der Waals surface area contributed by atoms with Crippen LogP contribution >= 0.6 is 23.2 Å². The van der Waals surface area contributed by atoms with Gasteiger partial charge in [0.25, 0.3) is 0 Å². The summed E-state index contributed by atoms with van der Waals surface area (Å²) in [4.78, 5) is 3.61. The Morgan fingerprint density at radius 2 is 1.91 bits per heavy atom. The lowest BCUT2D eigenvalue weighted by molar-refractivity contribution is 0.424. The Morgan fingerprint density at radius 3 is 2.36 bits per heavy atom. The number of rotatable bonds is 1. The second-order valence-corrected chi connectivity index (χ2v) is 2.73. The fourth-order valence-corrected chi connectivity index (χ4v) is 1.10. The molecule has 0 unspecified atom stereocenters. The highest BCUT2D eigenvalue weighted by atomic mass is 35.5. The Bertz CT molecular complexity index is 248. The second-order valence-electron chi connectivity index (χ2n) is 1.91. The van der Waals surface area contributed by atoms with Gasteiger partial charge in [0.15, 0.2) is 0 Å². The van der Waals surface area contributed by atoms with E-state index in [1.54, 1.807) is 0 Å². The lowest BCUT2D eigenvalue weighted by atomic mass is 9.86. The standard InChI is InChI=1S/C5H4BCl2NO2/c7-3-1-4(6(10)11)9-5(8)2-3/h1-2,10-11H. The number of pyridine rings is 1. The molecular weight excluding hydrogens is 188 g/mol. The zero-order valence-electron chi connectivity index (χ0n) is 5.33. The first-order chi connectivity index (χ1) is 5.09. The molecule has 2 N–H and O–H groups in total. The van der Waals surface area contributed by atoms with Crippen LogP contribution in [0.2, 0.25) is 10.2 Å². The molecule has 0 aliphatic carbocycles. The molecule has 1 rings (SSSR count). The zero-order valence-corrected chi connectivity index (χ0v) is 6.84. The van der Waals surface area contributed by atoms with E-state index in [4.69, 9.17) is 33.2 Å². The van der Waals surface area contributed by atoms with Gasteiger partial charge in [-0.1, -0.05) is 23.2 Å². The molecule has 6 heteroatoms. The third-order valence-electron chi connectivity index (χ3n) is 1.04. The Morgan fingerprint density at radius 1 is 1.27 bits per heavy atom. The molecule has 0 saturated carbocycles. The molecular formula is C5H4BCl2NO2. The topological polar surface area (TPSA) is 53.4 Å². The summed E-state index contributed by atoms with van der Waals surface area (Å²) < 4.78 is 0. The van der Waals surface area contributed by atoms with Crippen molar-refractivity contribution in [2.24, 2.45) is 0 Å². The quantitative estimate of drug-likeness (QED) is 0.488. The molecule has 0 saturated heterocycles. The van der Waals surface area contributed by atoms with E-state index in [0.29, 0.717) is 5.02 Å².